The molecule has 6 heteroatoms. The van der Waals surface area contributed by atoms with Crippen molar-refractivity contribution in [2.24, 2.45) is 0 Å². The summed E-state index contributed by atoms with van der Waals surface area (Å²) in [4.78, 5) is 37.9. The zero-order valence-electron chi connectivity index (χ0n) is 38.4. The average molecular weight is 805 g/mol. The average Bonchev–Trinajstić information content (AvgIpc) is 3.21. The van der Waals surface area contributed by atoms with E-state index in [0.717, 1.165) is 64.2 Å². The van der Waals surface area contributed by atoms with E-state index in [4.69, 9.17) is 14.2 Å². The zero-order chi connectivity index (χ0) is 41.5. The van der Waals surface area contributed by atoms with E-state index in [9.17, 15) is 14.4 Å². The van der Waals surface area contributed by atoms with Gasteiger partial charge >= 0.3 is 17.9 Å². The van der Waals surface area contributed by atoms with Crippen molar-refractivity contribution in [3.63, 3.8) is 0 Å². The van der Waals surface area contributed by atoms with Gasteiger partial charge in [-0.05, 0) is 44.9 Å². The van der Waals surface area contributed by atoms with Crippen molar-refractivity contribution in [1.82, 2.24) is 0 Å². The highest BCUT2D eigenvalue weighted by molar-refractivity contribution is 5.71. The molecular weight excluding hydrogens is 709 g/mol. The molecule has 1 atom stereocenters. The SMILES string of the molecule is CCCCCC/C=C\CCCCCCCC(=O)O[C@H](COC(=O)CCCCCCCCCCCCCC)COC(=O)CCCCCCCCCCCCCCCC. The molecule has 0 rings (SSSR count). The normalized spacial score (nSPS) is 12.0. The van der Waals surface area contributed by atoms with Gasteiger partial charge in [0.25, 0.3) is 0 Å². The van der Waals surface area contributed by atoms with Crippen LogP contribution in [0.5, 0.6) is 0 Å². The lowest BCUT2D eigenvalue weighted by Gasteiger charge is -2.18. The first-order chi connectivity index (χ1) is 28.0. The molecule has 0 fully saturated rings. The van der Waals surface area contributed by atoms with Crippen LogP contribution in [-0.2, 0) is 28.6 Å². The summed E-state index contributed by atoms with van der Waals surface area (Å²) in [7, 11) is 0. The van der Waals surface area contributed by atoms with Crippen LogP contribution in [-0.4, -0.2) is 37.2 Å². The minimum absolute atomic E-state index is 0.0683. The van der Waals surface area contributed by atoms with Crippen LogP contribution in [0.25, 0.3) is 0 Å². The Hall–Kier alpha value is -1.85. The maximum atomic E-state index is 12.7. The summed E-state index contributed by atoms with van der Waals surface area (Å²) in [6, 6.07) is 0. The van der Waals surface area contributed by atoms with Crippen LogP contribution in [0.2, 0.25) is 0 Å². The molecule has 0 spiro atoms. The summed E-state index contributed by atoms with van der Waals surface area (Å²) < 4.78 is 16.8. The standard InChI is InChI=1S/C51H96O6/c1-4-7-10-13-16-19-22-25-27-29-32-35-38-41-44-50(53)56-47-48(46-55-49(52)43-40-37-34-31-28-24-21-18-15-12-9-6-3)57-51(54)45-42-39-36-33-30-26-23-20-17-14-11-8-5-2/h20,23,48H,4-19,21-22,24-47H2,1-3H3/b23-20-/t48-/m1/s1. The van der Waals surface area contributed by atoms with Gasteiger partial charge in [-0.15, -0.1) is 0 Å². The number of hydrogen-bond acceptors (Lipinski definition) is 6. The lowest BCUT2D eigenvalue weighted by molar-refractivity contribution is -0.167. The van der Waals surface area contributed by atoms with Gasteiger partial charge in [0.05, 0.1) is 0 Å². The van der Waals surface area contributed by atoms with E-state index in [-0.39, 0.29) is 31.1 Å². The van der Waals surface area contributed by atoms with Gasteiger partial charge in [-0.25, -0.2) is 0 Å². The molecule has 0 unspecified atom stereocenters. The molecule has 0 saturated heterocycles. The molecule has 0 bridgehead atoms. The molecule has 0 aromatic carbocycles. The Morgan fingerprint density at radius 3 is 0.895 bits per heavy atom. The van der Waals surface area contributed by atoms with Crippen LogP contribution in [0.4, 0.5) is 0 Å². The summed E-state index contributed by atoms with van der Waals surface area (Å²) in [5.41, 5.74) is 0. The molecule has 0 aromatic rings. The van der Waals surface area contributed by atoms with E-state index < -0.39 is 6.10 Å². The molecule has 0 amide bonds. The second-order valence-corrected chi connectivity index (χ2v) is 17.1. The van der Waals surface area contributed by atoms with E-state index in [2.05, 4.69) is 32.9 Å². The number of ether oxygens (including phenoxy) is 3. The maximum absolute atomic E-state index is 12.7. The summed E-state index contributed by atoms with van der Waals surface area (Å²) >= 11 is 0. The molecule has 0 radical (unpaired) electrons. The zero-order valence-corrected chi connectivity index (χ0v) is 38.4. The molecule has 0 N–H and O–H groups in total. The van der Waals surface area contributed by atoms with Crippen molar-refractivity contribution in [3.05, 3.63) is 12.2 Å². The summed E-state index contributed by atoms with van der Waals surface area (Å²) in [5.74, 6) is -0.863. The molecule has 0 heterocycles. The van der Waals surface area contributed by atoms with E-state index in [1.54, 1.807) is 0 Å². The monoisotopic (exact) mass is 805 g/mol. The number of carbonyl (C=O) groups excluding carboxylic acids is 3. The Morgan fingerprint density at radius 2 is 0.579 bits per heavy atom. The second kappa shape index (κ2) is 46.8. The number of unbranched alkanes of at least 4 members (excludes halogenated alkanes) is 33. The third-order valence-electron chi connectivity index (χ3n) is 11.3. The molecule has 57 heavy (non-hydrogen) atoms. The fourth-order valence-electron chi connectivity index (χ4n) is 7.44. The van der Waals surface area contributed by atoms with Gasteiger partial charge < -0.3 is 14.2 Å². The van der Waals surface area contributed by atoms with E-state index in [0.29, 0.717) is 19.3 Å². The lowest BCUT2D eigenvalue weighted by atomic mass is 10.0. The second-order valence-electron chi connectivity index (χ2n) is 17.1. The Bertz CT molecular complexity index is 885. The Labute approximate surface area is 354 Å². The van der Waals surface area contributed by atoms with Crippen molar-refractivity contribution in [2.45, 2.75) is 284 Å². The fourth-order valence-corrected chi connectivity index (χ4v) is 7.44. The molecule has 0 aliphatic carbocycles. The van der Waals surface area contributed by atoms with Gasteiger partial charge in [0.2, 0.25) is 0 Å². The van der Waals surface area contributed by atoms with Gasteiger partial charge in [-0.1, -0.05) is 226 Å². The first-order valence-electron chi connectivity index (χ1n) is 25.2. The Kier molecular flexibility index (Phi) is 45.3. The van der Waals surface area contributed by atoms with Crippen LogP contribution in [0.3, 0.4) is 0 Å². The van der Waals surface area contributed by atoms with E-state index in [1.165, 1.54) is 173 Å². The molecule has 336 valence electrons. The van der Waals surface area contributed by atoms with Gasteiger partial charge in [-0.3, -0.25) is 14.4 Å². The van der Waals surface area contributed by atoms with E-state index >= 15 is 0 Å². The maximum Gasteiger partial charge on any atom is 0.306 e. The summed E-state index contributed by atoms with van der Waals surface area (Å²) in [6.45, 7) is 6.64. The molecule has 0 saturated carbocycles. The predicted molar refractivity (Wildman–Crippen MR) is 243 cm³/mol. The van der Waals surface area contributed by atoms with Crippen LogP contribution in [0, 0.1) is 0 Å². The molecule has 0 aliphatic heterocycles. The van der Waals surface area contributed by atoms with Gasteiger partial charge in [0.15, 0.2) is 6.10 Å². The van der Waals surface area contributed by atoms with Crippen LogP contribution >= 0.6 is 0 Å². The first kappa shape index (κ1) is 55.2. The van der Waals surface area contributed by atoms with Crippen LogP contribution in [0.15, 0.2) is 12.2 Å². The van der Waals surface area contributed by atoms with E-state index in [1.807, 2.05) is 0 Å². The number of rotatable bonds is 46. The number of esters is 3. The highest BCUT2D eigenvalue weighted by atomic mass is 16.6. The first-order valence-corrected chi connectivity index (χ1v) is 25.2. The molecular formula is C51H96O6. The summed E-state index contributed by atoms with van der Waals surface area (Å²) in [6.07, 6.45) is 50.4. The topological polar surface area (TPSA) is 78.9 Å². The highest BCUT2D eigenvalue weighted by Crippen LogP contribution is 2.16. The van der Waals surface area contributed by atoms with Crippen molar-refractivity contribution in [2.75, 3.05) is 13.2 Å². The van der Waals surface area contributed by atoms with Gasteiger partial charge in [0.1, 0.15) is 13.2 Å². The smallest absolute Gasteiger partial charge is 0.306 e. The fraction of sp³-hybridized carbons (Fsp3) is 0.902. The quantitative estimate of drug-likeness (QED) is 0.0264. The number of hydrogen-bond donors (Lipinski definition) is 0. The molecule has 0 aromatic heterocycles. The Balaban J connectivity index is 4.34. The molecule has 0 aliphatic rings. The molecule has 6 nitrogen and oxygen atoms in total. The third-order valence-corrected chi connectivity index (χ3v) is 11.3. The summed E-state index contributed by atoms with van der Waals surface area (Å²) in [5, 5.41) is 0. The highest BCUT2D eigenvalue weighted by Gasteiger charge is 2.19. The Morgan fingerprint density at radius 1 is 0.333 bits per heavy atom. The van der Waals surface area contributed by atoms with Crippen molar-refractivity contribution in [1.29, 1.82) is 0 Å². The van der Waals surface area contributed by atoms with Gasteiger partial charge in [0, 0.05) is 19.3 Å². The number of allylic oxidation sites excluding steroid dienone is 2. The van der Waals surface area contributed by atoms with Gasteiger partial charge in [-0.2, -0.15) is 0 Å². The minimum atomic E-state index is -0.766. The predicted octanol–water partition coefficient (Wildman–Crippen LogP) is 16.2. The number of carbonyl (C=O) groups is 3. The van der Waals surface area contributed by atoms with Crippen molar-refractivity contribution < 1.29 is 28.6 Å². The third kappa shape index (κ3) is 45.1. The van der Waals surface area contributed by atoms with Crippen molar-refractivity contribution >= 4 is 17.9 Å². The largest absolute Gasteiger partial charge is 0.462 e. The minimum Gasteiger partial charge on any atom is -0.462 e. The van der Waals surface area contributed by atoms with Crippen LogP contribution in [0.1, 0.15) is 278 Å². The van der Waals surface area contributed by atoms with Crippen molar-refractivity contribution in [3.8, 4) is 0 Å². The van der Waals surface area contributed by atoms with Crippen LogP contribution < -0.4 is 0 Å². The lowest BCUT2D eigenvalue weighted by Crippen LogP contribution is -2.30.